The van der Waals surface area contributed by atoms with Crippen molar-refractivity contribution in [2.45, 2.75) is 32.7 Å². The molecular formula is C16H20N2O. The van der Waals surface area contributed by atoms with E-state index in [0.717, 1.165) is 17.2 Å². The van der Waals surface area contributed by atoms with Crippen molar-refractivity contribution in [1.82, 2.24) is 4.98 Å². The van der Waals surface area contributed by atoms with E-state index in [1.165, 1.54) is 5.56 Å². The van der Waals surface area contributed by atoms with Crippen LogP contribution in [0.5, 0.6) is 11.5 Å². The number of nitrogens with two attached hydrogens (primary N) is 1. The van der Waals surface area contributed by atoms with Crippen LogP contribution in [0.25, 0.3) is 0 Å². The molecule has 0 saturated carbocycles. The lowest BCUT2D eigenvalue weighted by molar-refractivity contribution is 0.479. The number of ether oxygens (including phenoxy) is 1. The minimum Gasteiger partial charge on any atom is -0.456 e. The SMILES string of the molecule is CC(C)c1ccc(Oc2ccc([C@H](C)N)nc2)cc1. The molecule has 0 aliphatic carbocycles. The zero-order valence-corrected chi connectivity index (χ0v) is 11.6. The van der Waals surface area contributed by atoms with Crippen LogP contribution in [0.3, 0.4) is 0 Å². The maximum absolute atomic E-state index is 5.76. The fourth-order valence-corrected chi connectivity index (χ4v) is 1.78. The lowest BCUT2D eigenvalue weighted by Crippen LogP contribution is -2.06. The maximum Gasteiger partial charge on any atom is 0.145 e. The molecule has 0 fully saturated rings. The summed E-state index contributed by atoms with van der Waals surface area (Å²) in [5.74, 6) is 2.07. The van der Waals surface area contributed by atoms with Gasteiger partial charge in [-0.1, -0.05) is 26.0 Å². The molecule has 1 atom stereocenters. The number of hydrogen-bond donors (Lipinski definition) is 1. The Labute approximate surface area is 114 Å². The predicted molar refractivity (Wildman–Crippen MR) is 77.4 cm³/mol. The van der Waals surface area contributed by atoms with Gasteiger partial charge in [0.2, 0.25) is 0 Å². The second-order valence-electron chi connectivity index (χ2n) is 5.03. The molecule has 2 rings (SSSR count). The van der Waals surface area contributed by atoms with Gasteiger partial charge in [-0.15, -0.1) is 0 Å². The van der Waals surface area contributed by atoms with Gasteiger partial charge < -0.3 is 10.5 Å². The summed E-state index contributed by atoms with van der Waals surface area (Å²) in [6.07, 6.45) is 1.70. The van der Waals surface area contributed by atoms with Crippen LogP contribution in [0.15, 0.2) is 42.6 Å². The Balaban J connectivity index is 2.08. The zero-order chi connectivity index (χ0) is 13.8. The molecule has 0 aliphatic rings. The van der Waals surface area contributed by atoms with Gasteiger partial charge in [0.05, 0.1) is 11.9 Å². The van der Waals surface area contributed by atoms with Gasteiger partial charge in [-0.05, 0) is 42.7 Å². The average molecular weight is 256 g/mol. The molecule has 0 saturated heterocycles. The summed E-state index contributed by atoms with van der Waals surface area (Å²) in [5.41, 5.74) is 7.92. The molecule has 3 nitrogen and oxygen atoms in total. The summed E-state index contributed by atoms with van der Waals surface area (Å²) >= 11 is 0. The second-order valence-corrected chi connectivity index (χ2v) is 5.03. The van der Waals surface area contributed by atoms with Crippen LogP contribution in [0, 0.1) is 0 Å². The lowest BCUT2D eigenvalue weighted by Gasteiger charge is -2.09. The van der Waals surface area contributed by atoms with Crippen molar-refractivity contribution in [1.29, 1.82) is 0 Å². The largest absolute Gasteiger partial charge is 0.456 e. The Kier molecular flexibility index (Phi) is 4.17. The van der Waals surface area contributed by atoms with Crippen LogP contribution in [0.1, 0.15) is 44.0 Å². The van der Waals surface area contributed by atoms with Crippen LogP contribution in [-0.2, 0) is 0 Å². The van der Waals surface area contributed by atoms with E-state index in [0.29, 0.717) is 5.92 Å². The molecule has 3 heteroatoms. The van der Waals surface area contributed by atoms with E-state index in [1.807, 2.05) is 31.2 Å². The minimum atomic E-state index is -0.0561. The van der Waals surface area contributed by atoms with E-state index in [2.05, 4.69) is 31.0 Å². The first-order valence-corrected chi connectivity index (χ1v) is 6.55. The third-order valence-electron chi connectivity index (χ3n) is 3.01. The summed E-state index contributed by atoms with van der Waals surface area (Å²) in [7, 11) is 0. The van der Waals surface area contributed by atoms with E-state index in [9.17, 15) is 0 Å². The molecule has 0 aliphatic heterocycles. The molecule has 1 aromatic heterocycles. The van der Waals surface area contributed by atoms with E-state index in [-0.39, 0.29) is 6.04 Å². The maximum atomic E-state index is 5.76. The minimum absolute atomic E-state index is 0.0561. The molecule has 0 radical (unpaired) electrons. The first kappa shape index (κ1) is 13.6. The predicted octanol–water partition coefficient (Wildman–Crippen LogP) is 4.02. The van der Waals surface area contributed by atoms with Crippen molar-refractivity contribution >= 4 is 0 Å². The Morgan fingerprint density at radius 2 is 1.58 bits per heavy atom. The van der Waals surface area contributed by atoms with E-state index in [1.54, 1.807) is 6.20 Å². The number of benzene rings is 1. The van der Waals surface area contributed by atoms with Crippen molar-refractivity contribution < 1.29 is 4.74 Å². The van der Waals surface area contributed by atoms with Crippen molar-refractivity contribution in [3.05, 3.63) is 53.9 Å². The van der Waals surface area contributed by atoms with Gasteiger partial charge >= 0.3 is 0 Å². The van der Waals surface area contributed by atoms with Gasteiger partial charge in [0.25, 0.3) is 0 Å². The fraction of sp³-hybridized carbons (Fsp3) is 0.312. The number of aromatic nitrogens is 1. The number of rotatable bonds is 4. The molecule has 2 N–H and O–H groups in total. The van der Waals surface area contributed by atoms with Gasteiger partial charge in [-0.2, -0.15) is 0 Å². The quantitative estimate of drug-likeness (QED) is 0.898. The van der Waals surface area contributed by atoms with Crippen LogP contribution in [-0.4, -0.2) is 4.98 Å². The summed E-state index contributed by atoms with van der Waals surface area (Å²) in [4.78, 5) is 4.27. The smallest absolute Gasteiger partial charge is 0.145 e. The zero-order valence-electron chi connectivity index (χ0n) is 11.6. The first-order chi connectivity index (χ1) is 9.06. The Morgan fingerprint density at radius 3 is 2.05 bits per heavy atom. The first-order valence-electron chi connectivity index (χ1n) is 6.55. The average Bonchev–Trinajstić information content (AvgIpc) is 2.40. The van der Waals surface area contributed by atoms with Crippen molar-refractivity contribution in [2.24, 2.45) is 5.73 Å². The molecule has 0 spiro atoms. The van der Waals surface area contributed by atoms with Crippen LogP contribution < -0.4 is 10.5 Å². The molecule has 0 unspecified atom stereocenters. The molecule has 100 valence electrons. The molecule has 19 heavy (non-hydrogen) atoms. The van der Waals surface area contributed by atoms with E-state index in [4.69, 9.17) is 10.5 Å². The van der Waals surface area contributed by atoms with Gasteiger partial charge in [0.1, 0.15) is 11.5 Å². The number of hydrogen-bond acceptors (Lipinski definition) is 3. The molecular weight excluding hydrogens is 236 g/mol. The Bertz CT molecular complexity index is 466. The third-order valence-corrected chi connectivity index (χ3v) is 3.01. The lowest BCUT2D eigenvalue weighted by atomic mass is 10.0. The summed E-state index contributed by atoms with van der Waals surface area (Å²) in [6.45, 7) is 6.26. The highest BCUT2D eigenvalue weighted by Gasteiger charge is 2.03. The van der Waals surface area contributed by atoms with Crippen molar-refractivity contribution in [3.63, 3.8) is 0 Å². The monoisotopic (exact) mass is 256 g/mol. The van der Waals surface area contributed by atoms with Crippen molar-refractivity contribution in [3.8, 4) is 11.5 Å². The highest BCUT2D eigenvalue weighted by atomic mass is 16.5. The topological polar surface area (TPSA) is 48.1 Å². The molecule has 1 aromatic carbocycles. The van der Waals surface area contributed by atoms with Crippen molar-refractivity contribution in [2.75, 3.05) is 0 Å². The summed E-state index contributed by atoms with van der Waals surface area (Å²) < 4.78 is 5.74. The molecule has 2 aromatic rings. The molecule has 0 bridgehead atoms. The second kappa shape index (κ2) is 5.85. The standard InChI is InChI=1S/C16H20N2O/c1-11(2)13-4-6-14(7-5-13)19-15-8-9-16(12(3)17)18-10-15/h4-12H,17H2,1-3H3/t12-/m0/s1. The molecule has 1 heterocycles. The normalized spacial score (nSPS) is 12.5. The van der Waals surface area contributed by atoms with Gasteiger partial charge in [0.15, 0.2) is 0 Å². The third kappa shape index (κ3) is 3.55. The van der Waals surface area contributed by atoms with E-state index >= 15 is 0 Å². The van der Waals surface area contributed by atoms with Gasteiger partial charge in [0, 0.05) is 6.04 Å². The van der Waals surface area contributed by atoms with Crippen LogP contribution in [0.4, 0.5) is 0 Å². The summed E-state index contributed by atoms with van der Waals surface area (Å²) in [6, 6.07) is 11.9. The van der Waals surface area contributed by atoms with Gasteiger partial charge in [-0.3, -0.25) is 4.98 Å². The Hall–Kier alpha value is -1.87. The Morgan fingerprint density at radius 1 is 0.947 bits per heavy atom. The highest BCUT2D eigenvalue weighted by Crippen LogP contribution is 2.23. The van der Waals surface area contributed by atoms with Crippen LogP contribution in [0.2, 0.25) is 0 Å². The number of nitrogens with zero attached hydrogens (tertiary/aromatic N) is 1. The summed E-state index contributed by atoms with van der Waals surface area (Å²) in [5, 5.41) is 0. The highest BCUT2D eigenvalue weighted by molar-refractivity contribution is 5.33. The van der Waals surface area contributed by atoms with Gasteiger partial charge in [-0.25, -0.2) is 0 Å². The fourth-order valence-electron chi connectivity index (χ4n) is 1.78. The number of pyridine rings is 1. The molecule has 0 amide bonds. The van der Waals surface area contributed by atoms with E-state index < -0.39 is 0 Å². The van der Waals surface area contributed by atoms with Crippen LogP contribution >= 0.6 is 0 Å².